The topological polar surface area (TPSA) is 44.9 Å². The Bertz CT molecular complexity index is 2330. The van der Waals surface area contributed by atoms with Crippen molar-refractivity contribution in [1.29, 1.82) is 0 Å². The minimum atomic E-state index is 0. The molecular weight excluding hydrogens is 832 g/mol. The zero-order valence-electron chi connectivity index (χ0n) is 32.2. The van der Waals surface area contributed by atoms with Crippen LogP contribution in [0.4, 0.5) is 0 Å². The van der Waals surface area contributed by atoms with E-state index in [0.29, 0.717) is 29.3 Å². The van der Waals surface area contributed by atoms with Crippen LogP contribution in [0.25, 0.3) is 44.4 Å². The minimum Gasteiger partial charge on any atom is -0.509 e. The minimum absolute atomic E-state index is 0. The smallest absolute Gasteiger partial charge is 0.509 e. The maximum absolute atomic E-state index is 6.48. The van der Waals surface area contributed by atoms with Gasteiger partial charge < -0.3 is 9.30 Å². The summed E-state index contributed by atoms with van der Waals surface area (Å²) in [5.41, 5.74) is 12.2. The molecule has 274 valence electrons. The van der Waals surface area contributed by atoms with Gasteiger partial charge in [-0.2, -0.15) is 17.2 Å². The Morgan fingerprint density at radius 2 is 1.43 bits per heavy atom. The normalized spacial score (nSPS) is 11.7. The first-order chi connectivity index (χ1) is 25.1. The number of para-hydroxylation sites is 1. The Hall–Kier alpha value is -4.47. The summed E-state index contributed by atoms with van der Waals surface area (Å²) >= 11 is 0. The third kappa shape index (κ3) is 8.06. The summed E-state index contributed by atoms with van der Waals surface area (Å²) in [6, 6.07) is 32.2. The van der Waals surface area contributed by atoms with Gasteiger partial charge in [0, 0.05) is 35.0 Å². The number of benzene rings is 4. The molecule has 0 aliphatic carbocycles. The number of ether oxygens (including phenoxy) is 1. The number of aryl methyl sites for hydroxylation is 2. The first kappa shape index (κ1) is 38.3. The van der Waals surface area contributed by atoms with Crippen LogP contribution in [0.3, 0.4) is 0 Å². The van der Waals surface area contributed by atoms with Gasteiger partial charge in [0.25, 0.3) is 0 Å². The van der Waals surface area contributed by atoms with E-state index < -0.39 is 0 Å². The molecule has 3 heterocycles. The van der Waals surface area contributed by atoms with Gasteiger partial charge in [-0.1, -0.05) is 71.3 Å². The van der Waals surface area contributed by atoms with E-state index in [2.05, 4.69) is 127 Å². The van der Waals surface area contributed by atoms with Crippen molar-refractivity contribution < 1.29 is 25.8 Å². The van der Waals surface area contributed by atoms with Gasteiger partial charge in [0.15, 0.2) is 0 Å². The molecule has 3 aromatic heterocycles. The van der Waals surface area contributed by atoms with Crippen LogP contribution < -0.4 is 4.74 Å². The number of aromatic nitrogens is 4. The molecule has 4 aromatic carbocycles. The Balaban J connectivity index is 0.00000481. The predicted octanol–water partition coefficient (Wildman–Crippen LogP) is 12.3. The van der Waals surface area contributed by atoms with E-state index >= 15 is 0 Å². The van der Waals surface area contributed by atoms with E-state index in [-0.39, 0.29) is 21.1 Å². The third-order valence-electron chi connectivity index (χ3n) is 10.2. The van der Waals surface area contributed by atoms with Gasteiger partial charge in [0.1, 0.15) is 5.82 Å². The van der Waals surface area contributed by atoms with Gasteiger partial charge in [0.2, 0.25) is 0 Å². The molecule has 53 heavy (non-hydrogen) atoms. The molecule has 0 saturated heterocycles. The average molecular weight is 882 g/mol. The van der Waals surface area contributed by atoms with Crippen molar-refractivity contribution in [3.8, 4) is 34.1 Å². The van der Waals surface area contributed by atoms with E-state index in [9.17, 15) is 0 Å². The van der Waals surface area contributed by atoms with Gasteiger partial charge >= 0.3 is 21.1 Å². The molecule has 0 bridgehead atoms. The molecule has 6 heteroatoms. The number of rotatable bonds is 12. The van der Waals surface area contributed by atoms with Crippen LogP contribution >= 0.6 is 0 Å². The molecule has 0 unspecified atom stereocenters. The number of pyridine rings is 1. The SMILES string of the molecule is Cc1cc(C)c(CCC(C)C)c(-c2cnn(-c3[c-]c(Oc4[c-]c5c(cc4)c4ccccc4n5-c4cc(C(C)C)ccn4)ccc3)c2)c1CCC(C)C.[Pt+2]. The van der Waals surface area contributed by atoms with E-state index in [1.807, 2.05) is 41.3 Å². The van der Waals surface area contributed by atoms with Crippen LogP contribution in [0.2, 0.25) is 0 Å². The van der Waals surface area contributed by atoms with Crippen molar-refractivity contribution in [2.24, 2.45) is 11.8 Å². The molecule has 0 amide bonds. The van der Waals surface area contributed by atoms with Gasteiger partial charge in [-0.3, -0.25) is 4.68 Å². The maximum atomic E-state index is 6.48. The molecule has 0 radical (unpaired) electrons. The largest absolute Gasteiger partial charge is 2.00 e. The standard InChI is InChI=1S/C47H50N4O.Pt/c1-30(2)16-19-40-33(7)24-34(8)41(20-17-31(3)4)47(40)36-28-49-50(29-36)37-12-11-13-38(26-37)52-39-18-21-43-42-14-9-10-15-44(42)51(45(43)27-39)46-25-35(32(5)6)22-23-48-46;/h9-15,18,21-25,28-32H,16-17,19-20H2,1-8H3;/q-2;+2. The fourth-order valence-electron chi connectivity index (χ4n) is 7.35. The van der Waals surface area contributed by atoms with Gasteiger partial charge in [-0.25, -0.2) is 4.98 Å². The molecule has 0 saturated carbocycles. The van der Waals surface area contributed by atoms with Gasteiger partial charge in [-0.05, 0) is 120 Å². The third-order valence-corrected chi connectivity index (χ3v) is 10.2. The molecule has 0 atom stereocenters. The second-order valence-electron chi connectivity index (χ2n) is 15.4. The Kier molecular flexibility index (Phi) is 11.7. The summed E-state index contributed by atoms with van der Waals surface area (Å²) in [6.45, 7) is 18.2. The first-order valence-corrected chi connectivity index (χ1v) is 18.9. The fourth-order valence-corrected chi connectivity index (χ4v) is 7.35. The molecule has 7 aromatic rings. The molecule has 0 N–H and O–H groups in total. The molecule has 0 fully saturated rings. The fraction of sp³-hybridized carbons (Fsp3) is 0.319. The maximum Gasteiger partial charge on any atom is 2.00 e. The summed E-state index contributed by atoms with van der Waals surface area (Å²) < 4.78 is 10.6. The summed E-state index contributed by atoms with van der Waals surface area (Å²) in [4.78, 5) is 4.79. The number of hydrogen-bond donors (Lipinski definition) is 0. The second-order valence-corrected chi connectivity index (χ2v) is 15.4. The molecule has 7 rings (SSSR count). The number of nitrogens with zero attached hydrogens (tertiary/aromatic N) is 4. The van der Waals surface area contributed by atoms with Crippen molar-refractivity contribution in [3.63, 3.8) is 0 Å². The van der Waals surface area contributed by atoms with Crippen molar-refractivity contribution in [2.75, 3.05) is 0 Å². The molecule has 0 aliphatic rings. The van der Waals surface area contributed by atoms with E-state index in [1.54, 1.807) is 0 Å². The Morgan fingerprint density at radius 3 is 2.13 bits per heavy atom. The van der Waals surface area contributed by atoms with Crippen molar-refractivity contribution in [1.82, 2.24) is 19.3 Å². The molecule has 5 nitrogen and oxygen atoms in total. The predicted molar refractivity (Wildman–Crippen MR) is 215 cm³/mol. The zero-order valence-corrected chi connectivity index (χ0v) is 34.5. The van der Waals surface area contributed by atoms with Crippen molar-refractivity contribution in [2.45, 2.75) is 87.0 Å². The van der Waals surface area contributed by atoms with Crippen LogP contribution in [0.15, 0.2) is 91.4 Å². The van der Waals surface area contributed by atoms with Crippen LogP contribution in [-0.4, -0.2) is 19.3 Å². The molecule has 0 aliphatic heterocycles. The first-order valence-electron chi connectivity index (χ1n) is 18.9. The quantitative estimate of drug-likeness (QED) is 0.115. The second kappa shape index (κ2) is 16.3. The zero-order chi connectivity index (χ0) is 36.5. The van der Waals surface area contributed by atoms with Crippen LogP contribution in [-0.2, 0) is 33.9 Å². The number of hydrogen-bond acceptors (Lipinski definition) is 3. The Labute approximate surface area is 329 Å². The van der Waals surface area contributed by atoms with Gasteiger partial charge in [-0.15, -0.1) is 35.7 Å². The molecule has 0 spiro atoms. The van der Waals surface area contributed by atoms with Crippen LogP contribution in [0, 0.1) is 37.8 Å². The van der Waals surface area contributed by atoms with Crippen molar-refractivity contribution >= 4 is 21.8 Å². The monoisotopic (exact) mass is 881 g/mol. The summed E-state index contributed by atoms with van der Waals surface area (Å²) in [6.07, 6.45) is 10.5. The van der Waals surface area contributed by atoms with Gasteiger partial charge in [0.05, 0.1) is 6.20 Å². The summed E-state index contributed by atoms with van der Waals surface area (Å²) in [7, 11) is 0. The van der Waals surface area contributed by atoms with Crippen molar-refractivity contribution in [3.05, 3.63) is 131 Å². The Morgan fingerprint density at radius 1 is 0.736 bits per heavy atom. The van der Waals surface area contributed by atoms with Crippen LogP contribution in [0.1, 0.15) is 88.1 Å². The average Bonchev–Trinajstić information content (AvgIpc) is 3.74. The van der Waals surface area contributed by atoms with E-state index in [4.69, 9.17) is 14.8 Å². The van der Waals surface area contributed by atoms with Crippen LogP contribution in [0.5, 0.6) is 11.5 Å². The van der Waals surface area contributed by atoms with E-state index in [1.165, 1.54) is 33.4 Å². The summed E-state index contributed by atoms with van der Waals surface area (Å²) in [5.74, 6) is 3.77. The number of fused-ring (bicyclic) bond motifs is 3. The van der Waals surface area contributed by atoms with E-state index in [0.717, 1.165) is 64.6 Å². The molecular formula is C47H50N4OPt. The summed E-state index contributed by atoms with van der Waals surface area (Å²) in [5, 5.41) is 7.15.